The zero-order valence-electron chi connectivity index (χ0n) is 18.7. The lowest BCUT2D eigenvalue weighted by Gasteiger charge is -2.29. The number of quaternary nitrogens is 1. The number of thioether (sulfide) groups is 1. The summed E-state index contributed by atoms with van der Waals surface area (Å²) in [6, 6.07) is 0. The molecule has 0 aliphatic heterocycles. The van der Waals surface area contributed by atoms with E-state index in [2.05, 4.69) is 39.7 Å². The molecule has 0 radical (unpaired) electrons. The number of hydrogen-bond acceptors (Lipinski definition) is 1. The van der Waals surface area contributed by atoms with Crippen molar-refractivity contribution in [1.82, 2.24) is 0 Å². The molecule has 0 fully saturated rings. The van der Waals surface area contributed by atoms with Crippen molar-refractivity contribution in [3.05, 3.63) is 0 Å². The van der Waals surface area contributed by atoms with Gasteiger partial charge in [0.25, 0.3) is 0 Å². The molecule has 0 N–H and O–H groups in total. The van der Waals surface area contributed by atoms with Gasteiger partial charge in [-0.25, -0.2) is 0 Å². The van der Waals surface area contributed by atoms with E-state index in [1.807, 2.05) is 0 Å². The van der Waals surface area contributed by atoms with Gasteiger partial charge in [-0.05, 0) is 25.0 Å². The number of hydrogen-bond donors (Lipinski definition) is 0. The van der Waals surface area contributed by atoms with Crippen LogP contribution < -0.4 is 12.4 Å². The first-order chi connectivity index (χ1) is 12.1. The highest BCUT2D eigenvalue weighted by molar-refractivity contribution is 7.99. The van der Waals surface area contributed by atoms with Crippen molar-refractivity contribution >= 4 is 11.8 Å². The largest absolute Gasteiger partial charge is 1.00 e. The average Bonchev–Trinajstić information content (AvgIpc) is 2.59. The number of halogens is 1. The van der Waals surface area contributed by atoms with E-state index in [0.717, 1.165) is 0 Å². The lowest BCUT2D eigenvalue weighted by atomic mass is 10.1. The quantitative estimate of drug-likeness (QED) is 0.155. The van der Waals surface area contributed by atoms with Gasteiger partial charge < -0.3 is 16.9 Å². The van der Waals surface area contributed by atoms with Crippen LogP contribution in [0.4, 0.5) is 0 Å². The molecule has 0 unspecified atom stereocenters. The van der Waals surface area contributed by atoms with Crippen LogP contribution >= 0.6 is 11.8 Å². The fraction of sp³-hybridized carbons (Fsp3) is 1.00. The average molecular weight is 408 g/mol. The molecule has 0 aromatic carbocycles. The monoisotopic (exact) mass is 407 g/mol. The van der Waals surface area contributed by atoms with Crippen molar-refractivity contribution < 1.29 is 16.9 Å². The second kappa shape index (κ2) is 21.9. The summed E-state index contributed by atoms with van der Waals surface area (Å²) in [7, 11) is 4.84. The summed E-state index contributed by atoms with van der Waals surface area (Å²) in [4.78, 5) is 0. The van der Waals surface area contributed by atoms with Crippen molar-refractivity contribution in [3.63, 3.8) is 0 Å². The molecule has 0 aliphatic carbocycles. The van der Waals surface area contributed by atoms with E-state index in [4.69, 9.17) is 0 Å². The maximum Gasteiger partial charge on any atom is 0.125 e. The topological polar surface area (TPSA) is 0 Å². The van der Waals surface area contributed by atoms with Crippen LogP contribution in [0.2, 0.25) is 0 Å². The third kappa shape index (κ3) is 22.6. The molecule has 26 heavy (non-hydrogen) atoms. The summed E-state index contributed by atoms with van der Waals surface area (Å²) in [6.45, 7) is 5.96. The number of unbranched alkanes of at least 4 members (excludes halogenated alkanes) is 14. The first-order valence-electron chi connectivity index (χ1n) is 11.5. The Morgan fingerprint density at radius 3 is 1.38 bits per heavy atom. The summed E-state index contributed by atoms with van der Waals surface area (Å²) < 4.78 is 1.21. The Hall–Kier alpha value is 0.600. The van der Waals surface area contributed by atoms with Crippen LogP contribution in [0.15, 0.2) is 0 Å². The van der Waals surface area contributed by atoms with Gasteiger partial charge in [0.2, 0.25) is 0 Å². The molecule has 3 heteroatoms. The van der Waals surface area contributed by atoms with E-state index in [1.165, 1.54) is 125 Å². The molecular formula is C23H50ClNS. The molecule has 0 aromatic heterocycles. The molecule has 0 rings (SSSR count). The van der Waals surface area contributed by atoms with Gasteiger partial charge in [0.1, 0.15) is 5.88 Å². The van der Waals surface area contributed by atoms with Crippen molar-refractivity contribution in [2.75, 3.05) is 32.3 Å². The second-order valence-corrected chi connectivity index (χ2v) is 9.72. The zero-order chi connectivity index (χ0) is 18.6. The molecule has 0 aromatic rings. The van der Waals surface area contributed by atoms with E-state index in [-0.39, 0.29) is 12.4 Å². The van der Waals surface area contributed by atoms with E-state index >= 15 is 0 Å². The lowest BCUT2D eigenvalue weighted by Crippen LogP contribution is -3.00. The third-order valence-electron chi connectivity index (χ3n) is 5.20. The summed E-state index contributed by atoms with van der Waals surface area (Å²) in [5.74, 6) is 2.67. The molecule has 0 spiro atoms. The minimum atomic E-state index is 0. The van der Waals surface area contributed by atoms with Gasteiger partial charge in [-0.3, -0.25) is 0 Å². The van der Waals surface area contributed by atoms with Crippen molar-refractivity contribution in [3.8, 4) is 0 Å². The molecule has 0 saturated carbocycles. The Morgan fingerprint density at radius 1 is 0.538 bits per heavy atom. The first-order valence-corrected chi connectivity index (χ1v) is 12.7. The second-order valence-electron chi connectivity index (χ2n) is 8.65. The van der Waals surface area contributed by atoms with Crippen LogP contribution in [0.1, 0.15) is 117 Å². The van der Waals surface area contributed by atoms with Crippen molar-refractivity contribution in [2.24, 2.45) is 0 Å². The normalized spacial score (nSPS) is 11.5. The summed E-state index contributed by atoms with van der Waals surface area (Å²) >= 11 is 2.18. The smallest absolute Gasteiger partial charge is 0.125 e. The molecule has 0 heterocycles. The molecule has 0 atom stereocenters. The molecule has 160 valence electrons. The summed E-state index contributed by atoms with van der Waals surface area (Å²) in [5, 5.41) is 0. The van der Waals surface area contributed by atoms with Crippen LogP contribution in [0.5, 0.6) is 0 Å². The first kappa shape index (κ1) is 28.8. The maximum atomic E-state index is 2.42. The Morgan fingerprint density at radius 2 is 0.923 bits per heavy atom. The molecule has 0 aliphatic rings. The maximum absolute atomic E-state index is 2.42. The molecule has 0 bridgehead atoms. The van der Waals surface area contributed by atoms with E-state index in [1.54, 1.807) is 0 Å². The molecule has 1 nitrogen and oxygen atoms in total. The number of rotatable bonds is 20. The molecule has 0 saturated heterocycles. The van der Waals surface area contributed by atoms with Gasteiger partial charge in [0.05, 0.1) is 20.6 Å². The fourth-order valence-corrected chi connectivity index (χ4v) is 4.55. The molecular weight excluding hydrogens is 358 g/mol. The minimum absolute atomic E-state index is 0. The highest BCUT2D eigenvalue weighted by atomic mass is 35.5. The Balaban J connectivity index is 0. The van der Waals surface area contributed by atoms with E-state index in [9.17, 15) is 0 Å². The van der Waals surface area contributed by atoms with Crippen LogP contribution in [-0.4, -0.2) is 36.8 Å². The van der Waals surface area contributed by atoms with Crippen LogP contribution in [0, 0.1) is 0 Å². The predicted octanol–water partition coefficient (Wildman–Crippen LogP) is 5.04. The Kier molecular flexibility index (Phi) is 24.3. The zero-order valence-corrected chi connectivity index (χ0v) is 20.2. The van der Waals surface area contributed by atoms with Crippen molar-refractivity contribution in [2.45, 2.75) is 117 Å². The molecule has 0 amide bonds. The Bertz CT molecular complexity index is 259. The fourth-order valence-electron chi connectivity index (χ4n) is 3.39. The van der Waals surface area contributed by atoms with Gasteiger partial charge in [-0.15, -0.1) is 11.8 Å². The van der Waals surface area contributed by atoms with Gasteiger partial charge in [-0.2, -0.15) is 0 Å². The summed E-state index contributed by atoms with van der Waals surface area (Å²) in [6.07, 6.45) is 23.0. The SMILES string of the molecule is CCCCCCCCCCSC[N+](C)(C)CCCCCCCCCC.[Cl-]. The lowest BCUT2D eigenvalue weighted by molar-refractivity contribution is -0.877. The predicted molar refractivity (Wildman–Crippen MR) is 120 cm³/mol. The van der Waals surface area contributed by atoms with Crippen LogP contribution in [-0.2, 0) is 0 Å². The van der Waals surface area contributed by atoms with Gasteiger partial charge >= 0.3 is 0 Å². The van der Waals surface area contributed by atoms with Crippen LogP contribution in [0.25, 0.3) is 0 Å². The van der Waals surface area contributed by atoms with E-state index < -0.39 is 0 Å². The standard InChI is InChI=1S/C23H50NS.ClH/c1-5-7-9-11-13-15-17-19-21-24(3,4)23-25-22-20-18-16-14-12-10-8-6-2;/h5-23H2,1-4H3;1H/q+1;/p-1. The number of nitrogens with zero attached hydrogens (tertiary/aromatic N) is 1. The van der Waals surface area contributed by atoms with Gasteiger partial charge in [-0.1, -0.05) is 97.3 Å². The van der Waals surface area contributed by atoms with Crippen molar-refractivity contribution in [1.29, 1.82) is 0 Å². The Labute approximate surface area is 177 Å². The highest BCUT2D eigenvalue weighted by Crippen LogP contribution is 2.16. The van der Waals surface area contributed by atoms with Crippen LogP contribution in [0.3, 0.4) is 0 Å². The summed E-state index contributed by atoms with van der Waals surface area (Å²) in [5.41, 5.74) is 0. The van der Waals surface area contributed by atoms with Gasteiger partial charge in [0, 0.05) is 0 Å². The minimum Gasteiger partial charge on any atom is -1.00 e. The highest BCUT2D eigenvalue weighted by Gasteiger charge is 2.13. The third-order valence-corrected chi connectivity index (χ3v) is 6.66. The van der Waals surface area contributed by atoms with Gasteiger partial charge in [0.15, 0.2) is 0 Å². The van der Waals surface area contributed by atoms with E-state index in [0.29, 0.717) is 0 Å².